The smallest absolute Gasteiger partial charge is 0.293 e. The van der Waals surface area contributed by atoms with Crippen molar-refractivity contribution >= 4 is 0 Å². The summed E-state index contributed by atoms with van der Waals surface area (Å²) >= 11 is 0. The van der Waals surface area contributed by atoms with Gasteiger partial charge in [-0.15, -0.1) is 5.10 Å². The molecule has 0 saturated heterocycles. The standard InChI is InChI=1S/C9H15N3O/c1-4-5-6-12-8(3)7(2)10-11-9(12)13/h4-6H2,1-3H3. The van der Waals surface area contributed by atoms with Crippen LogP contribution in [0.25, 0.3) is 0 Å². The molecule has 0 saturated carbocycles. The lowest BCUT2D eigenvalue weighted by Crippen LogP contribution is -2.27. The van der Waals surface area contributed by atoms with Crippen LogP contribution in [0.4, 0.5) is 0 Å². The highest BCUT2D eigenvalue weighted by Crippen LogP contribution is 2.00. The molecule has 1 rings (SSSR count). The summed E-state index contributed by atoms with van der Waals surface area (Å²) in [6.07, 6.45) is 2.08. The number of aryl methyl sites for hydroxylation is 1. The Bertz CT molecular complexity index is 343. The van der Waals surface area contributed by atoms with E-state index >= 15 is 0 Å². The Labute approximate surface area is 77.6 Å². The SMILES string of the molecule is CCCCn1c(C)c(C)nnc1=O. The molecule has 4 nitrogen and oxygen atoms in total. The first-order valence-electron chi connectivity index (χ1n) is 4.57. The zero-order chi connectivity index (χ0) is 9.84. The maximum atomic E-state index is 11.3. The lowest BCUT2D eigenvalue weighted by atomic mass is 10.3. The van der Waals surface area contributed by atoms with Gasteiger partial charge in [0.05, 0.1) is 5.69 Å². The summed E-state index contributed by atoms with van der Waals surface area (Å²) in [5.74, 6) is 0. The lowest BCUT2D eigenvalue weighted by molar-refractivity contribution is 0.566. The second-order valence-corrected chi connectivity index (χ2v) is 3.16. The highest BCUT2D eigenvalue weighted by molar-refractivity contribution is 5.05. The first-order chi connectivity index (χ1) is 6.16. The summed E-state index contributed by atoms with van der Waals surface area (Å²) < 4.78 is 1.69. The maximum Gasteiger partial charge on any atom is 0.366 e. The minimum Gasteiger partial charge on any atom is -0.293 e. The molecule has 0 fully saturated rings. The van der Waals surface area contributed by atoms with Crippen LogP contribution in [-0.4, -0.2) is 14.8 Å². The molecular weight excluding hydrogens is 166 g/mol. The predicted octanol–water partition coefficient (Wildman–Crippen LogP) is 1.06. The first kappa shape index (κ1) is 9.89. The third kappa shape index (κ3) is 2.14. The summed E-state index contributed by atoms with van der Waals surface area (Å²) in [6, 6.07) is 0. The van der Waals surface area contributed by atoms with E-state index in [0.717, 1.165) is 30.8 Å². The fourth-order valence-corrected chi connectivity index (χ4v) is 1.16. The molecule has 1 aromatic rings. The highest BCUT2D eigenvalue weighted by atomic mass is 16.1. The molecule has 0 N–H and O–H groups in total. The summed E-state index contributed by atoms with van der Waals surface area (Å²) in [5.41, 5.74) is 1.51. The van der Waals surface area contributed by atoms with E-state index in [-0.39, 0.29) is 5.69 Å². The summed E-state index contributed by atoms with van der Waals surface area (Å²) in [6.45, 7) is 6.62. The van der Waals surface area contributed by atoms with Crippen molar-refractivity contribution < 1.29 is 0 Å². The van der Waals surface area contributed by atoms with Crippen molar-refractivity contribution in [2.24, 2.45) is 0 Å². The molecule has 4 heteroatoms. The number of hydrogen-bond acceptors (Lipinski definition) is 3. The number of aromatic nitrogens is 3. The summed E-state index contributed by atoms with van der Waals surface area (Å²) in [4.78, 5) is 11.3. The van der Waals surface area contributed by atoms with E-state index in [0.29, 0.717) is 0 Å². The fraction of sp³-hybridized carbons (Fsp3) is 0.667. The van der Waals surface area contributed by atoms with E-state index in [9.17, 15) is 4.79 Å². The van der Waals surface area contributed by atoms with Crippen LogP contribution in [0.3, 0.4) is 0 Å². The van der Waals surface area contributed by atoms with Crippen molar-refractivity contribution in [1.82, 2.24) is 14.8 Å². The Morgan fingerprint density at radius 2 is 2.00 bits per heavy atom. The summed E-state index contributed by atoms with van der Waals surface area (Å²) in [7, 11) is 0. The van der Waals surface area contributed by atoms with Crippen molar-refractivity contribution in [2.75, 3.05) is 0 Å². The van der Waals surface area contributed by atoms with E-state index < -0.39 is 0 Å². The van der Waals surface area contributed by atoms with E-state index in [1.165, 1.54) is 0 Å². The molecule has 72 valence electrons. The largest absolute Gasteiger partial charge is 0.366 e. The minimum atomic E-state index is -0.239. The molecule has 0 amide bonds. The molecule has 0 atom stereocenters. The van der Waals surface area contributed by atoms with Crippen LogP contribution >= 0.6 is 0 Å². The molecule has 0 aromatic carbocycles. The van der Waals surface area contributed by atoms with Gasteiger partial charge in [-0.2, -0.15) is 0 Å². The molecule has 13 heavy (non-hydrogen) atoms. The van der Waals surface area contributed by atoms with Gasteiger partial charge in [0.1, 0.15) is 0 Å². The van der Waals surface area contributed by atoms with Crippen LogP contribution in [0.1, 0.15) is 31.2 Å². The monoisotopic (exact) mass is 181 g/mol. The molecule has 0 aliphatic rings. The second-order valence-electron chi connectivity index (χ2n) is 3.16. The Balaban J connectivity index is 3.03. The second kappa shape index (κ2) is 4.16. The quantitative estimate of drug-likeness (QED) is 0.700. The Morgan fingerprint density at radius 1 is 1.31 bits per heavy atom. The first-order valence-corrected chi connectivity index (χ1v) is 4.57. The van der Waals surface area contributed by atoms with E-state index in [2.05, 4.69) is 17.1 Å². The lowest BCUT2D eigenvalue weighted by Gasteiger charge is -2.08. The van der Waals surface area contributed by atoms with Crippen LogP contribution < -0.4 is 5.69 Å². The molecule has 0 aliphatic heterocycles. The van der Waals surface area contributed by atoms with E-state index in [1.807, 2.05) is 13.8 Å². The average Bonchev–Trinajstić information content (AvgIpc) is 2.12. The van der Waals surface area contributed by atoms with E-state index in [4.69, 9.17) is 0 Å². The topological polar surface area (TPSA) is 47.8 Å². The van der Waals surface area contributed by atoms with Gasteiger partial charge in [-0.05, 0) is 20.3 Å². The molecule has 0 spiro atoms. The van der Waals surface area contributed by atoms with Crippen molar-refractivity contribution in [1.29, 1.82) is 0 Å². The predicted molar refractivity (Wildman–Crippen MR) is 50.7 cm³/mol. The van der Waals surface area contributed by atoms with E-state index in [1.54, 1.807) is 4.57 Å². The van der Waals surface area contributed by atoms with Gasteiger partial charge in [-0.3, -0.25) is 4.57 Å². The fourth-order valence-electron chi connectivity index (χ4n) is 1.16. The minimum absolute atomic E-state index is 0.239. The zero-order valence-electron chi connectivity index (χ0n) is 8.37. The molecule has 1 aromatic heterocycles. The normalized spacial score (nSPS) is 10.4. The molecule has 0 bridgehead atoms. The van der Waals surface area contributed by atoms with Gasteiger partial charge in [0.2, 0.25) is 0 Å². The Hall–Kier alpha value is -1.19. The van der Waals surface area contributed by atoms with Crippen LogP contribution in [-0.2, 0) is 6.54 Å². The van der Waals surface area contributed by atoms with Crippen molar-refractivity contribution in [3.05, 3.63) is 21.9 Å². The van der Waals surface area contributed by atoms with Crippen LogP contribution in [0, 0.1) is 13.8 Å². The van der Waals surface area contributed by atoms with Crippen LogP contribution in [0.2, 0.25) is 0 Å². The third-order valence-corrected chi connectivity index (χ3v) is 2.18. The Kier molecular flexibility index (Phi) is 3.17. The molecule has 0 aliphatic carbocycles. The molecule has 0 radical (unpaired) electrons. The number of rotatable bonds is 3. The zero-order valence-corrected chi connectivity index (χ0v) is 8.37. The van der Waals surface area contributed by atoms with Gasteiger partial charge in [0.15, 0.2) is 0 Å². The molecular formula is C9H15N3O. The van der Waals surface area contributed by atoms with Gasteiger partial charge < -0.3 is 0 Å². The highest BCUT2D eigenvalue weighted by Gasteiger charge is 2.03. The van der Waals surface area contributed by atoms with Gasteiger partial charge in [-0.25, -0.2) is 4.79 Å². The van der Waals surface area contributed by atoms with Gasteiger partial charge in [-0.1, -0.05) is 18.4 Å². The maximum absolute atomic E-state index is 11.3. The molecule has 0 unspecified atom stereocenters. The van der Waals surface area contributed by atoms with Gasteiger partial charge in [0, 0.05) is 12.2 Å². The number of unbranched alkanes of at least 4 members (excludes halogenated alkanes) is 1. The average molecular weight is 181 g/mol. The van der Waals surface area contributed by atoms with Gasteiger partial charge in [0.25, 0.3) is 0 Å². The van der Waals surface area contributed by atoms with Crippen molar-refractivity contribution in [3.8, 4) is 0 Å². The third-order valence-electron chi connectivity index (χ3n) is 2.18. The van der Waals surface area contributed by atoms with Gasteiger partial charge >= 0.3 is 5.69 Å². The van der Waals surface area contributed by atoms with Crippen LogP contribution in [0.5, 0.6) is 0 Å². The van der Waals surface area contributed by atoms with Crippen molar-refractivity contribution in [2.45, 2.75) is 40.2 Å². The number of nitrogens with zero attached hydrogens (tertiary/aromatic N) is 3. The van der Waals surface area contributed by atoms with Crippen molar-refractivity contribution in [3.63, 3.8) is 0 Å². The summed E-state index contributed by atoms with van der Waals surface area (Å²) in [5, 5.41) is 7.31. The number of hydrogen-bond donors (Lipinski definition) is 0. The van der Waals surface area contributed by atoms with Crippen LogP contribution in [0.15, 0.2) is 4.79 Å². The molecule has 1 heterocycles. The Morgan fingerprint density at radius 3 is 2.62 bits per heavy atom.